The van der Waals surface area contributed by atoms with E-state index in [9.17, 15) is 4.79 Å². The third-order valence-electron chi connectivity index (χ3n) is 4.43. The topological polar surface area (TPSA) is 70.2 Å². The highest BCUT2D eigenvalue weighted by molar-refractivity contribution is 5.93. The number of benzene rings is 2. The van der Waals surface area contributed by atoms with Crippen LogP contribution in [0, 0.1) is 13.8 Å². The molecule has 3 rings (SSSR count). The van der Waals surface area contributed by atoms with Gasteiger partial charge < -0.3 is 15.5 Å². The fourth-order valence-corrected chi connectivity index (χ4v) is 2.81. The van der Waals surface area contributed by atoms with Crippen LogP contribution in [0.3, 0.4) is 0 Å². The largest absolute Gasteiger partial charge is 0.378 e. The van der Waals surface area contributed by atoms with Gasteiger partial charge in [-0.05, 0) is 49.2 Å². The van der Waals surface area contributed by atoms with Crippen LogP contribution in [0.2, 0.25) is 0 Å². The van der Waals surface area contributed by atoms with Gasteiger partial charge in [0.25, 0.3) is 5.91 Å². The van der Waals surface area contributed by atoms with Crippen molar-refractivity contribution in [2.45, 2.75) is 20.4 Å². The minimum atomic E-state index is -0.222. The number of hydrogen-bond acceptors (Lipinski definition) is 5. The van der Waals surface area contributed by atoms with E-state index in [1.54, 1.807) is 13.0 Å². The summed E-state index contributed by atoms with van der Waals surface area (Å²) in [4.78, 5) is 23.3. The zero-order valence-electron chi connectivity index (χ0n) is 16.7. The van der Waals surface area contributed by atoms with Crippen LogP contribution in [0.1, 0.15) is 27.4 Å². The average molecular weight is 375 g/mol. The summed E-state index contributed by atoms with van der Waals surface area (Å²) in [6, 6.07) is 17.6. The fraction of sp³-hybridized carbons (Fsp3) is 0.227. The molecule has 28 heavy (non-hydrogen) atoms. The summed E-state index contributed by atoms with van der Waals surface area (Å²) in [5.41, 5.74) is 4.58. The zero-order valence-corrected chi connectivity index (χ0v) is 16.7. The normalized spacial score (nSPS) is 10.4. The summed E-state index contributed by atoms with van der Waals surface area (Å²) in [5, 5.41) is 6.17. The number of hydrogen-bond donors (Lipinski definition) is 2. The van der Waals surface area contributed by atoms with E-state index in [-0.39, 0.29) is 5.91 Å². The van der Waals surface area contributed by atoms with Crippen molar-refractivity contribution >= 4 is 23.1 Å². The Morgan fingerprint density at radius 3 is 2.39 bits per heavy atom. The maximum Gasteiger partial charge on any atom is 0.270 e. The molecule has 0 saturated heterocycles. The maximum atomic E-state index is 12.6. The summed E-state index contributed by atoms with van der Waals surface area (Å²) >= 11 is 0. The smallest absolute Gasteiger partial charge is 0.270 e. The number of rotatable bonds is 6. The standard InChI is InChI=1S/C22H25N5O/c1-15-7-5-6-8-17(15)14-23-22(28)20-13-21(25-16(2)24-20)26-18-9-11-19(12-10-18)27(3)4/h5-13H,14H2,1-4H3,(H,23,28)(H,24,25,26). The molecule has 0 radical (unpaired) electrons. The number of carbonyl (C=O) groups excluding carboxylic acids is 1. The van der Waals surface area contributed by atoms with Crippen molar-refractivity contribution in [1.82, 2.24) is 15.3 Å². The molecule has 0 unspecified atom stereocenters. The first-order valence-corrected chi connectivity index (χ1v) is 9.15. The minimum absolute atomic E-state index is 0.222. The number of nitrogens with one attached hydrogen (secondary N) is 2. The minimum Gasteiger partial charge on any atom is -0.378 e. The first-order chi connectivity index (χ1) is 13.4. The highest BCUT2D eigenvalue weighted by Gasteiger charge is 2.11. The molecular weight excluding hydrogens is 350 g/mol. The SMILES string of the molecule is Cc1nc(Nc2ccc(N(C)C)cc2)cc(C(=O)NCc2ccccc2C)n1. The molecule has 0 aliphatic carbocycles. The lowest BCUT2D eigenvalue weighted by molar-refractivity contribution is 0.0945. The Kier molecular flexibility index (Phi) is 5.89. The average Bonchev–Trinajstić information content (AvgIpc) is 2.67. The van der Waals surface area contributed by atoms with Crippen LogP contribution in [-0.2, 0) is 6.54 Å². The summed E-state index contributed by atoms with van der Waals surface area (Å²) in [5.74, 6) is 0.904. The number of aryl methyl sites for hydroxylation is 2. The van der Waals surface area contributed by atoms with Gasteiger partial charge >= 0.3 is 0 Å². The third kappa shape index (κ3) is 4.85. The second-order valence-corrected chi connectivity index (χ2v) is 6.86. The zero-order chi connectivity index (χ0) is 20.1. The molecule has 144 valence electrons. The Hall–Kier alpha value is -3.41. The van der Waals surface area contributed by atoms with Crippen LogP contribution in [0.25, 0.3) is 0 Å². The number of carbonyl (C=O) groups is 1. The summed E-state index contributed by atoms with van der Waals surface area (Å²) in [6.07, 6.45) is 0. The van der Waals surface area contributed by atoms with Crippen molar-refractivity contribution in [3.8, 4) is 0 Å². The highest BCUT2D eigenvalue weighted by atomic mass is 16.1. The van der Waals surface area contributed by atoms with Crippen molar-refractivity contribution in [3.63, 3.8) is 0 Å². The third-order valence-corrected chi connectivity index (χ3v) is 4.43. The maximum absolute atomic E-state index is 12.6. The van der Waals surface area contributed by atoms with Gasteiger partial charge in [-0.3, -0.25) is 4.79 Å². The van der Waals surface area contributed by atoms with E-state index < -0.39 is 0 Å². The molecule has 0 atom stereocenters. The lowest BCUT2D eigenvalue weighted by atomic mass is 10.1. The summed E-state index contributed by atoms with van der Waals surface area (Å²) in [7, 11) is 4.00. The summed E-state index contributed by atoms with van der Waals surface area (Å²) < 4.78 is 0. The van der Waals surface area contributed by atoms with E-state index in [2.05, 4.69) is 20.6 Å². The fourth-order valence-electron chi connectivity index (χ4n) is 2.81. The molecule has 0 aliphatic rings. The van der Waals surface area contributed by atoms with Gasteiger partial charge in [-0.1, -0.05) is 24.3 Å². The first-order valence-electron chi connectivity index (χ1n) is 9.15. The lowest BCUT2D eigenvalue weighted by Gasteiger charge is -2.13. The molecule has 1 aromatic heterocycles. The molecule has 2 aromatic carbocycles. The van der Waals surface area contributed by atoms with Crippen molar-refractivity contribution in [3.05, 3.63) is 77.2 Å². The molecule has 3 aromatic rings. The number of anilines is 3. The summed E-state index contributed by atoms with van der Waals surface area (Å²) in [6.45, 7) is 4.27. The Balaban J connectivity index is 1.71. The molecule has 6 heteroatoms. The van der Waals surface area contributed by atoms with Crippen LogP contribution in [-0.4, -0.2) is 30.0 Å². The van der Waals surface area contributed by atoms with Crippen LogP contribution in [0.15, 0.2) is 54.6 Å². The van der Waals surface area contributed by atoms with Gasteiger partial charge in [0.2, 0.25) is 0 Å². The Labute approximate surface area is 165 Å². The number of amides is 1. The first kappa shape index (κ1) is 19.4. The van der Waals surface area contributed by atoms with Crippen molar-refractivity contribution < 1.29 is 4.79 Å². The Bertz CT molecular complexity index is 967. The predicted molar refractivity (Wildman–Crippen MR) is 113 cm³/mol. The van der Waals surface area contributed by atoms with E-state index in [4.69, 9.17) is 0 Å². The van der Waals surface area contributed by atoms with Gasteiger partial charge in [0.15, 0.2) is 0 Å². The van der Waals surface area contributed by atoms with Crippen LogP contribution in [0.5, 0.6) is 0 Å². The lowest BCUT2D eigenvalue weighted by Crippen LogP contribution is -2.24. The van der Waals surface area contributed by atoms with Crippen LogP contribution >= 0.6 is 0 Å². The van der Waals surface area contributed by atoms with Gasteiger partial charge in [-0.25, -0.2) is 9.97 Å². The van der Waals surface area contributed by atoms with Gasteiger partial charge in [-0.2, -0.15) is 0 Å². The van der Waals surface area contributed by atoms with E-state index in [0.717, 1.165) is 22.5 Å². The van der Waals surface area contributed by atoms with E-state index in [1.165, 1.54) is 0 Å². The highest BCUT2D eigenvalue weighted by Crippen LogP contribution is 2.19. The Morgan fingerprint density at radius 1 is 1.00 bits per heavy atom. The van der Waals surface area contributed by atoms with Crippen molar-refractivity contribution in [2.75, 3.05) is 24.3 Å². The number of nitrogens with zero attached hydrogens (tertiary/aromatic N) is 3. The Morgan fingerprint density at radius 2 is 1.71 bits per heavy atom. The molecule has 0 saturated carbocycles. The van der Waals surface area contributed by atoms with Crippen LogP contribution in [0.4, 0.5) is 17.2 Å². The van der Waals surface area contributed by atoms with Gasteiger partial charge in [0.05, 0.1) is 0 Å². The predicted octanol–water partition coefficient (Wildman–Crippen LogP) is 3.83. The molecule has 0 fully saturated rings. The van der Waals surface area contributed by atoms with Crippen LogP contribution < -0.4 is 15.5 Å². The number of aromatic nitrogens is 2. The molecule has 0 spiro atoms. The van der Waals surface area contributed by atoms with E-state index in [0.29, 0.717) is 23.9 Å². The molecule has 1 amide bonds. The molecular formula is C22H25N5O. The second kappa shape index (κ2) is 8.52. The van der Waals surface area contributed by atoms with Gasteiger partial charge in [-0.15, -0.1) is 0 Å². The van der Waals surface area contributed by atoms with Gasteiger partial charge in [0.1, 0.15) is 17.3 Å². The second-order valence-electron chi connectivity index (χ2n) is 6.86. The van der Waals surface area contributed by atoms with E-state index in [1.807, 2.05) is 74.4 Å². The molecule has 2 N–H and O–H groups in total. The van der Waals surface area contributed by atoms with Crippen molar-refractivity contribution in [2.24, 2.45) is 0 Å². The quantitative estimate of drug-likeness (QED) is 0.685. The molecule has 6 nitrogen and oxygen atoms in total. The van der Waals surface area contributed by atoms with E-state index >= 15 is 0 Å². The van der Waals surface area contributed by atoms with Gasteiger partial charge in [0, 0.05) is 38.1 Å². The molecule has 0 bridgehead atoms. The molecule has 0 aliphatic heterocycles. The van der Waals surface area contributed by atoms with Crippen molar-refractivity contribution in [1.29, 1.82) is 0 Å². The molecule has 1 heterocycles. The monoisotopic (exact) mass is 375 g/mol.